The van der Waals surface area contributed by atoms with E-state index in [4.69, 9.17) is 4.74 Å². The highest BCUT2D eigenvalue weighted by atomic mass is 16.5. The number of rotatable bonds is 6. The lowest BCUT2D eigenvalue weighted by molar-refractivity contribution is 0.149. The van der Waals surface area contributed by atoms with Crippen molar-refractivity contribution in [3.8, 4) is 0 Å². The number of allylic oxidation sites excluding steroid dienone is 2. The molecule has 1 rings (SSSR count). The van der Waals surface area contributed by atoms with E-state index in [1.165, 1.54) is 11.1 Å². The highest BCUT2D eigenvalue weighted by Gasteiger charge is 2.15. The summed E-state index contributed by atoms with van der Waals surface area (Å²) >= 11 is 0. The van der Waals surface area contributed by atoms with Gasteiger partial charge < -0.3 is 10.1 Å². The van der Waals surface area contributed by atoms with Crippen molar-refractivity contribution in [1.29, 1.82) is 0 Å². The van der Waals surface area contributed by atoms with Crippen molar-refractivity contribution in [3.63, 3.8) is 0 Å². The van der Waals surface area contributed by atoms with E-state index in [9.17, 15) is 4.79 Å². The first kappa shape index (κ1) is 14.6. The third kappa shape index (κ3) is 5.21. The molecule has 1 aliphatic carbocycles. The molecule has 0 aromatic rings. The maximum absolute atomic E-state index is 11.3. The van der Waals surface area contributed by atoms with E-state index in [1.54, 1.807) is 6.08 Å². The number of amides is 1. The predicted octanol–water partition coefficient (Wildman–Crippen LogP) is 3.59. The number of hydrogen-bond donors (Lipinski definition) is 1. The molecule has 3 heteroatoms. The summed E-state index contributed by atoms with van der Waals surface area (Å²) in [5.41, 5.74) is 2.54. The number of hydrogen-bond acceptors (Lipinski definition) is 2. The Balaban J connectivity index is 2.22. The van der Waals surface area contributed by atoms with Gasteiger partial charge in [0.25, 0.3) is 0 Å². The van der Waals surface area contributed by atoms with Crippen LogP contribution in [0.25, 0.3) is 0 Å². The van der Waals surface area contributed by atoms with Crippen LogP contribution in [-0.2, 0) is 4.74 Å². The Morgan fingerprint density at radius 3 is 3.00 bits per heavy atom. The number of ether oxygens (including phenoxy) is 1. The zero-order valence-electron chi connectivity index (χ0n) is 11.2. The molecule has 18 heavy (non-hydrogen) atoms. The van der Waals surface area contributed by atoms with Crippen molar-refractivity contribution in [2.75, 3.05) is 13.2 Å². The standard InChI is InChI=1S/C15H23NO2/c1-4-5-10-18-15(17)16-11-13-6-8-14(9-7-13)12(2)3/h4,6,14H,1-2,5,7-11H2,3H3,(H,16,17). The highest BCUT2D eigenvalue weighted by Crippen LogP contribution is 2.27. The summed E-state index contributed by atoms with van der Waals surface area (Å²) in [7, 11) is 0. The van der Waals surface area contributed by atoms with Gasteiger partial charge in [0.2, 0.25) is 0 Å². The van der Waals surface area contributed by atoms with E-state index in [1.807, 2.05) is 0 Å². The zero-order chi connectivity index (χ0) is 13.4. The second kappa shape index (κ2) is 7.75. The second-order valence-corrected chi connectivity index (χ2v) is 4.75. The SMILES string of the molecule is C=CCCOC(=O)NCC1=CCC(C(=C)C)CC1. The Morgan fingerprint density at radius 2 is 2.44 bits per heavy atom. The fourth-order valence-electron chi connectivity index (χ4n) is 1.97. The Kier molecular flexibility index (Phi) is 6.26. The van der Waals surface area contributed by atoms with Crippen LogP contribution < -0.4 is 5.32 Å². The molecule has 0 radical (unpaired) electrons. The van der Waals surface area contributed by atoms with Crippen molar-refractivity contribution < 1.29 is 9.53 Å². The number of nitrogens with one attached hydrogen (secondary N) is 1. The normalized spacial score (nSPS) is 18.7. The van der Waals surface area contributed by atoms with Gasteiger partial charge in [0, 0.05) is 6.54 Å². The quantitative estimate of drug-likeness (QED) is 0.577. The molecular weight excluding hydrogens is 226 g/mol. The number of alkyl carbamates (subject to hydrolysis) is 1. The minimum Gasteiger partial charge on any atom is -0.449 e. The fourth-order valence-corrected chi connectivity index (χ4v) is 1.97. The van der Waals surface area contributed by atoms with Gasteiger partial charge in [-0.3, -0.25) is 0 Å². The van der Waals surface area contributed by atoms with Gasteiger partial charge in [0.1, 0.15) is 0 Å². The molecule has 0 bridgehead atoms. The lowest BCUT2D eigenvalue weighted by Crippen LogP contribution is -2.27. The van der Waals surface area contributed by atoms with Gasteiger partial charge in [-0.25, -0.2) is 4.79 Å². The van der Waals surface area contributed by atoms with Gasteiger partial charge in [0.15, 0.2) is 0 Å². The molecule has 0 saturated carbocycles. The number of carbonyl (C=O) groups is 1. The summed E-state index contributed by atoms with van der Waals surface area (Å²) in [5, 5.41) is 2.77. The van der Waals surface area contributed by atoms with Crippen LogP contribution in [0, 0.1) is 5.92 Å². The fraction of sp³-hybridized carbons (Fsp3) is 0.533. The Morgan fingerprint density at radius 1 is 1.67 bits per heavy atom. The van der Waals surface area contributed by atoms with Crippen LogP contribution in [-0.4, -0.2) is 19.2 Å². The van der Waals surface area contributed by atoms with E-state index in [0.717, 1.165) is 19.3 Å². The van der Waals surface area contributed by atoms with Crippen LogP contribution in [0.1, 0.15) is 32.6 Å². The van der Waals surface area contributed by atoms with Gasteiger partial charge in [-0.2, -0.15) is 0 Å². The molecule has 1 aliphatic rings. The summed E-state index contributed by atoms with van der Waals surface area (Å²) in [5.74, 6) is 0.605. The highest BCUT2D eigenvalue weighted by molar-refractivity contribution is 5.67. The number of carbonyl (C=O) groups excluding carboxylic acids is 1. The lowest BCUT2D eigenvalue weighted by atomic mass is 9.85. The molecule has 0 aliphatic heterocycles. The van der Waals surface area contributed by atoms with E-state index >= 15 is 0 Å². The molecule has 1 N–H and O–H groups in total. The minimum absolute atomic E-state index is 0.347. The monoisotopic (exact) mass is 249 g/mol. The third-order valence-electron chi connectivity index (χ3n) is 3.22. The summed E-state index contributed by atoms with van der Waals surface area (Å²) < 4.78 is 4.97. The zero-order valence-corrected chi connectivity index (χ0v) is 11.2. The largest absolute Gasteiger partial charge is 0.449 e. The van der Waals surface area contributed by atoms with Crippen LogP contribution in [0.3, 0.4) is 0 Å². The maximum atomic E-state index is 11.3. The third-order valence-corrected chi connectivity index (χ3v) is 3.22. The molecule has 1 atom stereocenters. The van der Waals surface area contributed by atoms with Crippen molar-refractivity contribution >= 4 is 6.09 Å². The first-order valence-corrected chi connectivity index (χ1v) is 6.48. The van der Waals surface area contributed by atoms with Crippen LogP contribution in [0.15, 0.2) is 36.5 Å². The second-order valence-electron chi connectivity index (χ2n) is 4.75. The molecule has 0 fully saturated rings. The summed E-state index contributed by atoms with van der Waals surface area (Å²) in [6.45, 7) is 10.6. The van der Waals surface area contributed by atoms with E-state index < -0.39 is 0 Å². The molecular formula is C15H23NO2. The van der Waals surface area contributed by atoms with Gasteiger partial charge in [-0.15, -0.1) is 6.58 Å². The predicted molar refractivity (Wildman–Crippen MR) is 74.4 cm³/mol. The Bertz CT molecular complexity index is 344. The van der Waals surface area contributed by atoms with Crippen LogP contribution >= 0.6 is 0 Å². The molecule has 100 valence electrons. The van der Waals surface area contributed by atoms with E-state index in [0.29, 0.717) is 25.5 Å². The first-order valence-electron chi connectivity index (χ1n) is 6.48. The summed E-state index contributed by atoms with van der Waals surface area (Å²) in [4.78, 5) is 11.3. The topological polar surface area (TPSA) is 38.3 Å². The molecule has 0 saturated heterocycles. The summed E-state index contributed by atoms with van der Waals surface area (Å²) in [6.07, 6.45) is 7.49. The molecule has 1 amide bonds. The van der Waals surface area contributed by atoms with Crippen molar-refractivity contribution in [2.45, 2.75) is 32.6 Å². The molecule has 1 unspecified atom stereocenters. The smallest absolute Gasteiger partial charge is 0.407 e. The Hall–Kier alpha value is -1.51. The van der Waals surface area contributed by atoms with Gasteiger partial charge >= 0.3 is 6.09 Å². The Labute approximate surface area is 110 Å². The van der Waals surface area contributed by atoms with Crippen LogP contribution in [0.4, 0.5) is 4.79 Å². The molecule has 0 aromatic heterocycles. The van der Waals surface area contributed by atoms with E-state index in [-0.39, 0.29) is 6.09 Å². The minimum atomic E-state index is -0.347. The van der Waals surface area contributed by atoms with Crippen molar-refractivity contribution in [1.82, 2.24) is 5.32 Å². The average molecular weight is 249 g/mol. The van der Waals surface area contributed by atoms with Crippen molar-refractivity contribution in [2.24, 2.45) is 5.92 Å². The van der Waals surface area contributed by atoms with E-state index in [2.05, 4.69) is 31.5 Å². The van der Waals surface area contributed by atoms with Crippen LogP contribution in [0.2, 0.25) is 0 Å². The van der Waals surface area contributed by atoms with Gasteiger partial charge in [-0.05, 0) is 38.5 Å². The van der Waals surface area contributed by atoms with Gasteiger partial charge in [0.05, 0.1) is 6.61 Å². The molecule has 0 aromatic carbocycles. The van der Waals surface area contributed by atoms with Crippen LogP contribution in [0.5, 0.6) is 0 Å². The molecule has 3 nitrogen and oxygen atoms in total. The van der Waals surface area contributed by atoms with Crippen molar-refractivity contribution in [3.05, 3.63) is 36.5 Å². The lowest BCUT2D eigenvalue weighted by Gasteiger charge is -2.22. The molecule has 0 heterocycles. The summed E-state index contributed by atoms with van der Waals surface area (Å²) in [6, 6.07) is 0. The maximum Gasteiger partial charge on any atom is 0.407 e. The first-order chi connectivity index (χ1) is 8.63. The molecule has 0 spiro atoms. The average Bonchev–Trinajstić information content (AvgIpc) is 2.37. The van der Waals surface area contributed by atoms with Gasteiger partial charge in [-0.1, -0.05) is 29.9 Å².